The second kappa shape index (κ2) is 4.92. The molecule has 0 bridgehead atoms. The molecule has 2 aromatic carbocycles. The zero-order valence-corrected chi connectivity index (χ0v) is 10.8. The van der Waals surface area contributed by atoms with Crippen molar-refractivity contribution in [1.29, 1.82) is 0 Å². The summed E-state index contributed by atoms with van der Waals surface area (Å²) in [6.45, 7) is 1.76. The molecule has 1 heterocycles. The van der Waals surface area contributed by atoms with Crippen LogP contribution in [0, 0.1) is 5.82 Å². The van der Waals surface area contributed by atoms with Crippen molar-refractivity contribution in [3.05, 3.63) is 59.4 Å². The summed E-state index contributed by atoms with van der Waals surface area (Å²) in [6.07, 6.45) is 1.96. The number of para-hydroxylation sites is 1. The van der Waals surface area contributed by atoms with Gasteiger partial charge in [-0.15, -0.1) is 0 Å². The van der Waals surface area contributed by atoms with Gasteiger partial charge in [0.2, 0.25) is 0 Å². The van der Waals surface area contributed by atoms with Crippen LogP contribution < -0.4 is 10.6 Å². The molecule has 0 fully saturated rings. The maximum Gasteiger partial charge on any atom is 0.148 e. The van der Waals surface area contributed by atoms with Gasteiger partial charge in [-0.3, -0.25) is 0 Å². The molecule has 0 aromatic heterocycles. The molecular formula is C16H17FN2. The number of anilines is 2. The molecule has 0 atom stereocenters. The van der Waals surface area contributed by atoms with E-state index in [-0.39, 0.29) is 11.5 Å². The van der Waals surface area contributed by atoms with E-state index in [0.29, 0.717) is 0 Å². The number of rotatable bonds is 1. The molecule has 1 aliphatic rings. The van der Waals surface area contributed by atoms with E-state index in [2.05, 4.69) is 29.2 Å². The summed E-state index contributed by atoms with van der Waals surface area (Å²) in [5.74, 6) is -0.334. The van der Waals surface area contributed by atoms with Gasteiger partial charge in [0.1, 0.15) is 5.82 Å². The number of nitrogens with zero attached hydrogens (tertiary/aromatic N) is 1. The highest BCUT2D eigenvalue weighted by molar-refractivity contribution is 5.68. The van der Waals surface area contributed by atoms with E-state index in [1.165, 1.54) is 17.2 Å². The SMILES string of the molecule is Nc1c(F)cccc1N1CCc2ccccc2CC1. The molecule has 3 heteroatoms. The average molecular weight is 256 g/mol. The third-order valence-electron chi connectivity index (χ3n) is 3.79. The van der Waals surface area contributed by atoms with Gasteiger partial charge in [-0.2, -0.15) is 0 Å². The van der Waals surface area contributed by atoms with E-state index in [1.54, 1.807) is 6.07 Å². The Kier molecular flexibility index (Phi) is 3.11. The fourth-order valence-electron chi connectivity index (χ4n) is 2.71. The Morgan fingerprint density at radius 2 is 1.53 bits per heavy atom. The average Bonchev–Trinajstić information content (AvgIpc) is 2.65. The van der Waals surface area contributed by atoms with Crippen LogP contribution in [0.5, 0.6) is 0 Å². The number of nitrogens with two attached hydrogens (primary N) is 1. The van der Waals surface area contributed by atoms with Crippen molar-refractivity contribution < 1.29 is 4.39 Å². The summed E-state index contributed by atoms with van der Waals surface area (Å²) in [5, 5.41) is 0. The van der Waals surface area contributed by atoms with Crippen LogP contribution in [0.2, 0.25) is 0 Å². The van der Waals surface area contributed by atoms with Crippen molar-refractivity contribution in [2.75, 3.05) is 23.7 Å². The van der Waals surface area contributed by atoms with E-state index >= 15 is 0 Å². The van der Waals surface area contributed by atoms with E-state index in [4.69, 9.17) is 5.73 Å². The van der Waals surface area contributed by atoms with Gasteiger partial charge in [-0.1, -0.05) is 30.3 Å². The summed E-state index contributed by atoms with van der Waals surface area (Å²) < 4.78 is 13.5. The Bertz CT molecular complexity index is 568. The summed E-state index contributed by atoms with van der Waals surface area (Å²) in [5.41, 5.74) is 9.70. The van der Waals surface area contributed by atoms with Gasteiger partial charge in [-0.25, -0.2) is 4.39 Å². The van der Waals surface area contributed by atoms with Crippen molar-refractivity contribution >= 4 is 11.4 Å². The molecule has 2 aromatic rings. The van der Waals surface area contributed by atoms with Gasteiger partial charge in [0.15, 0.2) is 0 Å². The standard InChI is InChI=1S/C16H17FN2/c17-14-6-3-7-15(16(14)18)19-10-8-12-4-1-2-5-13(12)9-11-19/h1-7H,8-11,18H2. The Morgan fingerprint density at radius 3 is 2.16 bits per heavy atom. The lowest BCUT2D eigenvalue weighted by molar-refractivity contribution is 0.631. The fourth-order valence-corrected chi connectivity index (χ4v) is 2.71. The first kappa shape index (κ1) is 12.0. The maximum absolute atomic E-state index is 13.5. The fraction of sp³-hybridized carbons (Fsp3) is 0.250. The Balaban J connectivity index is 1.88. The van der Waals surface area contributed by atoms with Crippen LogP contribution in [-0.2, 0) is 12.8 Å². The second-order valence-electron chi connectivity index (χ2n) is 4.93. The predicted molar refractivity (Wildman–Crippen MR) is 76.9 cm³/mol. The van der Waals surface area contributed by atoms with Crippen molar-refractivity contribution in [2.45, 2.75) is 12.8 Å². The quantitative estimate of drug-likeness (QED) is 0.795. The zero-order valence-electron chi connectivity index (χ0n) is 10.8. The van der Waals surface area contributed by atoms with Crippen LogP contribution in [0.25, 0.3) is 0 Å². The molecule has 98 valence electrons. The molecule has 0 unspecified atom stereocenters. The third-order valence-corrected chi connectivity index (χ3v) is 3.79. The first-order valence-corrected chi connectivity index (χ1v) is 6.61. The first-order chi connectivity index (χ1) is 9.25. The maximum atomic E-state index is 13.5. The Morgan fingerprint density at radius 1 is 0.895 bits per heavy atom. The van der Waals surface area contributed by atoms with Crippen LogP contribution in [0.4, 0.5) is 15.8 Å². The highest BCUT2D eigenvalue weighted by Crippen LogP contribution is 2.27. The van der Waals surface area contributed by atoms with Crippen molar-refractivity contribution in [3.63, 3.8) is 0 Å². The van der Waals surface area contributed by atoms with Gasteiger partial charge in [-0.05, 0) is 36.1 Å². The van der Waals surface area contributed by atoms with Gasteiger partial charge < -0.3 is 10.6 Å². The highest BCUT2D eigenvalue weighted by atomic mass is 19.1. The lowest BCUT2D eigenvalue weighted by Gasteiger charge is -2.24. The third kappa shape index (κ3) is 2.28. The van der Waals surface area contributed by atoms with Crippen molar-refractivity contribution in [1.82, 2.24) is 0 Å². The molecule has 19 heavy (non-hydrogen) atoms. The number of hydrogen-bond donors (Lipinski definition) is 1. The zero-order chi connectivity index (χ0) is 13.2. The lowest BCUT2D eigenvalue weighted by atomic mass is 10.0. The van der Waals surface area contributed by atoms with Crippen LogP contribution in [-0.4, -0.2) is 13.1 Å². The van der Waals surface area contributed by atoms with Gasteiger partial charge >= 0.3 is 0 Å². The largest absolute Gasteiger partial charge is 0.395 e. The minimum absolute atomic E-state index is 0.258. The molecule has 2 nitrogen and oxygen atoms in total. The van der Waals surface area contributed by atoms with Gasteiger partial charge in [0.25, 0.3) is 0 Å². The molecular weight excluding hydrogens is 239 g/mol. The highest BCUT2D eigenvalue weighted by Gasteiger charge is 2.16. The normalized spacial score (nSPS) is 14.9. The van der Waals surface area contributed by atoms with Crippen LogP contribution in [0.3, 0.4) is 0 Å². The number of benzene rings is 2. The molecule has 2 N–H and O–H groups in total. The van der Waals surface area contributed by atoms with E-state index < -0.39 is 0 Å². The number of nitrogen functional groups attached to an aromatic ring is 1. The van der Waals surface area contributed by atoms with E-state index in [1.807, 2.05) is 6.07 Å². The van der Waals surface area contributed by atoms with Gasteiger partial charge in [0, 0.05) is 13.1 Å². The summed E-state index contributed by atoms with van der Waals surface area (Å²) in [7, 11) is 0. The second-order valence-corrected chi connectivity index (χ2v) is 4.93. The summed E-state index contributed by atoms with van der Waals surface area (Å²) >= 11 is 0. The number of halogens is 1. The van der Waals surface area contributed by atoms with Crippen LogP contribution in [0.1, 0.15) is 11.1 Å². The Labute approximate surface area is 112 Å². The summed E-state index contributed by atoms with van der Waals surface area (Å²) in [4.78, 5) is 2.18. The van der Waals surface area contributed by atoms with Crippen LogP contribution >= 0.6 is 0 Å². The molecule has 3 rings (SSSR count). The summed E-state index contributed by atoms with van der Waals surface area (Å²) in [6, 6.07) is 13.5. The number of fused-ring (bicyclic) bond motifs is 1. The smallest absolute Gasteiger partial charge is 0.148 e. The first-order valence-electron chi connectivity index (χ1n) is 6.61. The molecule has 0 aliphatic carbocycles. The predicted octanol–water partition coefficient (Wildman–Crippen LogP) is 3.01. The Hall–Kier alpha value is -2.03. The molecule has 0 amide bonds. The minimum atomic E-state index is -0.334. The van der Waals surface area contributed by atoms with Crippen molar-refractivity contribution in [3.8, 4) is 0 Å². The van der Waals surface area contributed by atoms with Crippen LogP contribution in [0.15, 0.2) is 42.5 Å². The molecule has 0 saturated heterocycles. The van der Waals surface area contributed by atoms with Gasteiger partial charge in [0.05, 0.1) is 11.4 Å². The topological polar surface area (TPSA) is 29.3 Å². The lowest BCUT2D eigenvalue weighted by Crippen LogP contribution is -2.27. The minimum Gasteiger partial charge on any atom is -0.395 e. The van der Waals surface area contributed by atoms with Crippen molar-refractivity contribution in [2.24, 2.45) is 0 Å². The molecule has 0 radical (unpaired) electrons. The molecule has 0 saturated carbocycles. The molecule has 1 aliphatic heterocycles. The van der Waals surface area contributed by atoms with E-state index in [0.717, 1.165) is 31.6 Å². The van der Waals surface area contributed by atoms with E-state index in [9.17, 15) is 4.39 Å². The molecule has 0 spiro atoms. The monoisotopic (exact) mass is 256 g/mol. The number of hydrogen-bond acceptors (Lipinski definition) is 2.